The highest BCUT2D eigenvalue weighted by molar-refractivity contribution is 9.10. The van der Waals surface area contributed by atoms with Crippen molar-refractivity contribution in [2.75, 3.05) is 18.4 Å². The minimum Gasteiger partial charge on any atom is -0.379 e. The fourth-order valence-corrected chi connectivity index (χ4v) is 2.63. The number of nitrogens with one attached hydrogen (secondary N) is 2. The van der Waals surface area contributed by atoms with E-state index >= 15 is 0 Å². The molecule has 0 amide bonds. The van der Waals surface area contributed by atoms with Gasteiger partial charge in [-0.05, 0) is 60.9 Å². The van der Waals surface area contributed by atoms with Crippen LogP contribution in [0, 0.1) is 11.3 Å². The summed E-state index contributed by atoms with van der Waals surface area (Å²) in [7, 11) is 0. The lowest BCUT2D eigenvalue weighted by molar-refractivity contribution is 0.365. The monoisotopic (exact) mass is 293 g/mol. The Bertz CT molecular complexity index is 444. The fourth-order valence-electron chi connectivity index (χ4n) is 2.17. The lowest BCUT2D eigenvalue weighted by Gasteiger charge is -2.36. The van der Waals surface area contributed by atoms with Crippen molar-refractivity contribution >= 4 is 21.6 Å². The normalized spacial score (nSPS) is 18.4. The second-order valence-corrected chi connectivity index (χ2v) is 5.56. The number of anilines is 1. The SMILES string of the molecule is CC1(Nc2cccc(Br)c2C#N)CCNCC1. The number of rotatable bonds is 2. The van der Waals surface area contributed by atoms with Gasteiger partial charge in [0, 0.05) is 10.0 Å². The molecule has 17 heavy (non-hydrogen) atoms. The molecule has 0 atom stereocenters. The van der Waals surface area contributed by atoms with Crippen molar-refractivity contribution in [2.24, 2.45) is 0 Å². The third kappa shape index (κ3) is 2.80. The van der Waals surface area contributed by atoms with E-state index in [2.05, 4.69) is 39.6 Å². The van der Waals surface area contributed by atoms with Gasteiger partial charge < -0.3 is 10.6 Å². The molecule has 0 saturated carbocycles. The first-order valence-corrected chi connectivity index (χ1v) is 6.61. The predicted molar refractivity (Wildman–Crippen MR) is 73.0 cm³/mol. The van der Waals surface area contributed by atoms with E-state index in [1.165, 1.54) is 0 Å². The van der Waals surface area contributed by atoms with Crippen LogP contribution in [-0.2, 0) is 0 Å². The number of piperidine rings is 1. The van der Waals surface area contributed by atoms with Gasteiger partial charge in [-0.3, -0.25) is 0 Å². The highest BCUT2D eigenvalue weighted by Crippen LogP contribution is 2.29. The van der Waals surface area contributed by atoms with E-state index < -0.39 is 0 Å². The second kappa shape index (κ2) is 5.07. The molecular formula is C13H16BrN3. The number of benzene rings is 1. The maximum Gasteiger partial charge on any atom is 0.103 e. The van der Waals surface area contributed by atoms with Gasteiger partial charge in [-0.15, -0.1) is 0 Å². The molecule has 4 heteroatoms. The smallest absolute Gasteiger partial charge is 0.103 e. The summed E-state index contributed by atoms with van der Waals surface area (Å²) in [5.41, 5.74) is 1.69. The molecule has 0 spiro atoms. The van der Waals surface area contributed by atoms with Gasteiger partial charge in [-0.1, -0.05) is 6.07 Å². The van der Waals surface area contributed by atoms with Crippen molar-refractivity contribution in [1.29, 1.82) is 5.26 Å². The van der Waals surface area contributed by atoms with Crippen LogP contribution in [0.3, 0.4) is 0 Å². The first-order valence-electron chi connectivity index (χ1n) is 5.82. The van der Waals surface area contributed by atoms with Crippen LogP contribution in [0.1, 0.15) is 25.3 Å². The minimum atomic E-state index is 0.0810. The average molecular weight is 294 g/mol. The highest BCUT2D eigenvalue weighted by Gasteiger charge is 2.27. The Labute approximate surface area is 110 Å². The van der Waals surface area contributed by atoms with Gasteiger partial charge in [0.15, 0.2) is 0 Å². The number of nitrogens with zero attached hydrogens (tertiary/aromatic N) is 1. The topological polar surface area (TPSA) is 47.9 Å². The lowest BCUT2D eigenvalue weighted by Crippen LogP contribution is -2.45. The Morgan fingerprint density at radius 1 is 1.41 bits per heavy atom. The van der Waals surface area contributed by atoms with Crippen molar-refractivity contribution in [3.05, 3.63) is 28.2 Å². The van der Waals surface area contributed by atoms with Gasteiger partial charge in [0.05, 0.1) is 11.3 Å². The lowest BCUT2D eigenvalue weighted by atomic mass is 9.90. The zero-order valence-corrected chi connectivity index (χ0v) is 11.5. The van der Waals surface area contributed by atoms with Crippen molar-refractivity contribution in [1.82, 2.24) is 5.32 Å². The molecule has 1 aliphatic heterocycles. The Morgan fingerprint density at radius 3 is 2.76 bits per heavy atom. The van der Waals surface area contributed by atoms with Crippen molar-refractivity contribution in [2.45, 2.75) is 25.3 Å². The fraction of sp³-hybridized carbons (Fsp3) is 0.462. The largest absolute Gasteiger partial charge is 0.379 e. The van der Waals surface area contributed by atoms with Crippen LogP contribution < -0.4 is 10.6 Å². The summed E-state index contributed by atoms with van der Waals surface area (Å²) in [4.78, 5) is 0. The second-order valence-electron chi connectivity index (χ2n) is 4.71. The van der Waals surface area contributed by atoms with Gasteiger partial charge in [-0.2, -0.15) is 5.26 Å². The molecule has 1 fully saturated rings. The molecule has 1 aromatic carbocycles. The van der Waals surface area contributed by atoms with Gasteiger partial charge in [0.2, 0.25) is 0 Å². The molecule has 1 aromatic rings. The molecular weight excluding hydrogens is 278 g/mol. The molecule has 0 unspecified atom stereocenters. The molecule has 3 nitrogen and oxygen atoms in total. The maximum absolute atomic E-state index is 9.18. The van der Waals surface area contributed by atoms with Crippen molar-refractivity contribution in [3.8, 4) is 6.07 Å². The highest BCUT2D eigenvalue weighted by atomic mass is 79.9. The molecule has 2 N–H and O–H groups in total. The summed E-state index contributed by atoms with van der Waals surface area (Å²) in [6, 6.07) is 8.07. The third-order valence-corrected chi connectivity index (χ3v) is 3.93. The van der Waals surface area contributed by atoms with E-state index in [-0.39, 0.29) is 5.54 Å². The summed E-state index contributed by atoms with van der Waals surface area (Å²) in [6.45, 7) is 4.27. The van der Waals surface area contributed by atoms with Crippen LogP contribution in [0.5, 0.6) is 0 Å². The summed E-state index contributed by atoms with van der Waals surface area (Å²) < 4.78 is 0.850. The number of nitriles is 1. The van der Waals surface area contributed by atoms with E-state index in [0.29, 0.717) is 5.56 Å². The van der Waals surface area contributed by atoms with Crippen molar-refractivity contribution < 1.29 is 0 Å². The first-order chi connectivity index (χ1) is 8.14. The minimum absolute atomic E-state index is 0.0810. The molecule has 1 aliphatic rings. The maximum atomic E-state index is 9.18. The predicted octanol–water partition coefficient (Wildman–Crippen LogP) is 2.87. The Hall–Kier alpha value is -1.05. The summed E-state index contributed by atoms with van der Waals surface area (Å²) in [5.74, 6) is 0. The van der Waals surface area contributed by atoms with Crippen LogP contribution in [0.2, 0.25) is 0 Å². The molecule has 1 saturated heterocycles. The van der Waals surface area contributed by atoms with Gasteiger partial charge in [0.25, 0.3) is 0 Å². The molecule has 0 radical (unpaired) electrons. The molecule has 1 heterocycles. The number of halogens is 1. The quantitative estimate of drug-likeness (QED) is 0.881. The molecule has 2 rings (SSSR count). The standard InChI is InChI=1S/C13H16BrN3/c1-13(5-7-16-8-6-13)17-12-4-2-3-11(14)10(12)9-15/h2-4,16-17H,5-8H2,1H3. The van der Waals surface area contributed by atoms with E-state index in [1.54, 1.807) is 0 Å². The van der Waals surface area contributed by atoms with Crippen LogP contribution in [0.4, 0.5) is 5.69 Å². The van der Waals surface area contributed by atoms with Crippen LogP contribution in [-0.4, -0.2) is 18.6 Å². The van der Waals surface area contributed by atoms with Crippen molar-refractivity contribution in [3.63, 3.8) is 0 Å². The summed E-state index contributed by atoms with van der Waals surface area (Å²) in [6.07, 6.45) is 2.15. The third-order valence-electron chi connectivity index (χ3n) is 3.27. The molecule has 90 valence electrons. The zero-order chi connectivity index (χ0) is 12.3. The summed E-state index contributed by atoms with van der Waals surface area (Å²) >= 11 is 3.41. The van der Waals surface area contributed by atoms with Crippen LogP contribution >= 0.6 is 15.9 Å². The van der Waals surface area contributed by atoms with E-state index in [1.807, 2.05) is 18.2 Å². The van der Waals surface area contributed by atoms with Gasteiger partial charge in [0.1, 0.15) is 6.07 Å². The molecule has 0 aromatic heterocycles. The van der Waals surface area contributed by atoms with Gasteiger partial charge >= 0.3 is 0 Å². The molecule has 0 bridgehead atoms. The Balaban J connectivity index is 2.24. The first kappa shape index (κ1) is 12.4. The van der Waals surface area contributed by atoms with Gasteiger partial charge in [-0.25, -0.2) is 0 Å². The Morgan fingerprint density at radius 2 is 2.12 bits per heavy atom. The van der Waals surface area contributed by atoms with Crippen LogP contribution in [0.25, 0.3) is 0 Å². The summed E-state index contributed by atoms with van der Waals surface area (Å²) in [5, 5.41) is 16.1. The van der Waals surface area contributed by atoms with E-state index in [0.717, 1.165) is 36.1 Å². The number of hydrogen-bond donors (Lipinski definition) is 2. The zero-order valence-electron chi connectivity index (χ0n) is 9.89. The van der Waals surface area contributed by atoms with E-state index in [9.17, 15) is 5.26 Å². The number of hydrogen-bond acceptors (Lipinski definition) is 3. The average Bonchev–Trinajstić information content (AvgIpc) is 2.30. The van der Waals surface area contributed by atoms with E-state index in [4.69, 9.17) is 0 Å². The van der Waals surface area contributed by atoms with Crippen LogP contribution in [0.15, 0.2) is 22.7 Å². The molecule has 0 aliphatic carbocycles. The Kier molecular flexibility index (Phi) is 3.70.